The van der Waals surface area contributed by atoms with Gasteiger partial charge in [-0.3, -0.25) is 4.79 Å². The van der Waals surface area contributed by atoms with Crippen LogP contribution >= 0.6 is 0 Å². The molecule has 0 bridgehead atoms. The number of halogens is 1. The van der Waals surface area contributed by atoms with Gasteiger partial charge >= 0.3 is 0 Å². The summed E-state index contributed by atoms with van der Waals surface area (Å²) in [6, 6.07) is 6.17. The number of morpholine rings is 1. The van der Waals surface area contributed by atoms with Crippen molar-refractivity contribution in [1.82, 2.24) is 4.90 Å². The number of methoxy groups -OCH3 is 2. The summed E-state index contributed by atoms with van der Waals surface area (Å²) in [5, 5.41) is 0. The summed E-state index contributed by atoms with van der Waals surface area (Å²) < 4.78 is 29.6. The molecule has 0 N–H and O–H groups in total. The highest BCUT2D eigenvalue weighted by molar-refractivity contribution is 5.99. The second-order valence-corrected chi connectivity index (χ2v) is 6.40. The highest BCUT2D eigenvalue weighted by Crippen LogP contribution is 2.32. The predicted molar refractivity (Wildman–Crippen MR) is 100 cm³/mol. The van der Waals surface area contributed by atoms with E-state index in [4.69, 9.17) is 14.2 Å². The van der Waals surface area contributed by atoms with E-state index in [2.05, 4.69) is 0 Å². The van der Waals surface area contributed by atoms with Crippen LogP contribution in [0.2, 0.25) is 0 Å². The molecule has 0 spiro atoms. The fraction of sp³-hybridized carbons (Fsp3) is 0.381. The van der Waals surface area contributed by atoms with Gasteiger partial charge in [-0.1, -0.05) is 18.2 Å². The smallest absolute Gasteiger partial charge is 0.247 e. The van der Waals surface area contributed by atoms with Crippen molar-refractivity contribution in [3.8, 4) is 0 Å². The first-order valence-electron chi connectivity index (χ1n) is 8.94. The predicted octanol–water partition coefficient (Wildman–Crippen LogP) is 2.94. The zero-order valence-electron chi connectivity index (χ0n) is 15.6. The number of hydrogen-bond donors (Lipinski definition) is 0. The fourth-order valence-corrected chi connectivity index (χ4v) is 3.25. The quantitative estimate of drug-likeness (QED) is 0.745. The van der Waals surface area contributed by atoms with Crippen LogP contribution in [0, 0.1) is 5.82 Å². The van der Waals surface area contributed by atoms with Crippen LogP contribution in [0.15, 0.2) is 53.8 Å². The lowest BCUT2D eigenvalue weighted by Gasteiger charge is -2.27. The van der Waals surface area contributed by atoms with Gasteiger partial charge in [0, 0.05) is 32.7 Å². The average molecular weight is 373 g/mol. The van der Waals surface area contributed by atoms with Gasteiger partial charge in [0.05, 0.1) is 20.3 Å². The Hall–Kier alpha value is -2.44. The van der Waals surface area contributed by atoms with Crippen LogP contribution in [-0.4, -0.2) is 57.4 Å². The molecule has 0 radical (unpaired) electrons. The maximum absolute atomic E-state index is 13.4. The molecule has 6 heteroatoms. The summed E-state index contributed by atoms with van der Waals surface area (Å²) in [7, 11) is 3.23. The molecule has 1 aliphatic carbocycles. The van der Waals surface area contributed by atoms with E-state index in [1.165, 1.54) is 12.1 Å². The molecule has 1 heterocycles. The molecule has 1 atom stereocenters. The van der Waals surface area contributed by atoms with Gasteiger partial charge in [0.2, 0.25) is 5.91 Å². The van der Waals surface area contributed by atoms with Crippen LogP contribution in [0.5, 0.6) is 0 Å². The van der Waals surface area contributed by atoms with Crippen molar-refractivity contribution in [3.05, 3.63) is 65.2 Å². The molecule has 1 fully saturated rings. The lowest BCUT2D eigenvalue weighted by atomic mass is 9.89. The Kier molecular flexibility index (Phi) is 6.42. The number of carbonyl (C=O) groups excluding carboxylic acids is 1. The Bertz CT molecular complexity index is 761. The van der Waals surface area contributed by atoms with Gasteiger partial charge in [-0.2, -0.15) is 0 Å². The van der Waals surface area contributed by atoms with Gasteiger partial charge in [0.1, 0.15) is 17.7 Å². The summed E-state index contributed by atoms with van der Waals surface area (Å²) in [5.74, 6) is 0.347. The zero-order valence-corrected chi connectivity index (χ0v) is 15.6. The van der Waals surface area contributed by atoms with Crippen LogP contribution < -0.4 is 0 Å². The molecule has 0 saturated carbocycles. The standard InChI is InChI=1S/C21H24FNO4/c1-25-19-8-5-16(13-20(19)26-2)18(15-3-6-17(22)7-4-15)14-21(24)23-9-11-27-12-10-23/h3-8,14,20H,9-13H2,1-2H3/b18-14-. The van der Waals surface area contributed by atoms with E-state index >= 15 is 0 Å². The van der Waals surface area contributed by atoms with Gasteiger partial charge in [0.15, 0.2) is 0 Å². The third-order valence-corrected chi connectivity index (χ3v) is 4.78. The van der Waals surface area contributed by atoms with Gasteiger partial charge in [0.25, 0.3) is 0 Å². The second-order valence-electron chi connectivity index (χ2n) is 6.40. The van der Waals surface area contributed by atoms with E-state index in [1.807, 2.05) is 12.2 Å². The molecule has 144 valence electrons. The number of nitrogens with zero attached hydrogens (tertiary/aromatic N) is 1. The Morgan fingerprint density at radius 2 is 1.89 bits per heavy atom. The van der Waals surface area contributed by atoms with Crippen molar-refractivity contribution < 1.29 is 23.4 Å². The summed E-state index contributed by atoms with van der Waals surface area (Å²) in [4.78, 5) is 14.5. The van der Waals surface area contributed by atoms with E-state index in [1.54, 1.807) is 37.3 Å². The Labute approximate surface area is 158 Å². The molecule has 1 aromatic carbocycles. The normalized spacial score (nSPS) is 20.8. The third kappa shape index (κ3) is 4.64. The molecule has 0 aromatic heterocycles. The lowest BCUT2D eigenvalue weighted by Crippen LogP contribution is -2.40. The summed E-state index contributed by atoms with van der Waals surface area (Å²) >= 11 is 0. The van der Waals surface area contributed by atoms with E-state index in [0.29, 0.717) is 32.7 Å². The average Bonchev–Trinajstić information content (AvgIpc) is 2.72. The Morgan fingerprint density at radius 1 is 1.19 bits per heavy atom. The van der Waals surface area contributed by atoms with Gasteiger partial charge in [-0.05, 0) is 34.9 Å². The highest BCUT2D eigenvalue weighted by Gasteiger charge is 2.24. The minimum atomic E-state index is -0.313. The van der Waals surface area contributed by atoms with Crippen LogP contribution in [-0.2, 0) is 19.0 Å². The zero-order chi connectivity index (χ0) is 19.2. The number of amides is 1. The number of benzene rings is 1. The van der Waals surface area contributed by atoms with Gasteiger partial charge in [-0.25, -0.2) is 4.39 Å². The SMILES string of the molecule is COC1=CC=C(/C(=C\C(=O)N2CCOCC2)c2ccc(F)cc2)CC1OC. The number of hydrogen-bond acceptors (Lipinski definition) is 4. The molecule has 2 aliphatic rings. The molecule has 5 nitrogen and oxygen atoms in total. The van der Waals surface area contributed by atoms with E-state index in [0.717, 1.165) is 22.5 Å². The molecule has 1 aliphatic heterocycles. The monoisotopic (exact) mass is 373 g/mol. The summed E-state index contributed by atoms with van der Waals surface area (Å²) in [6.07, 6.45) is 5.75. The molecular weight excluding hydrogens is 349 g/mol. The minimum absolute atomic E-state index is 0.0750. The first kappa shape index (κ1) is 19.3. The lowest BCUT2D eigenvalue weighted by molar-refractivity contribution is -0.129. The Balaban J connectivity index is 1.96. The van der Waals surface area contributed by atoms with Crippen molar-refractivity contribution in [1.29, 1.82) is 0 Å². The van der Waals surface area contributed by atoms with Crippen LogP contribution in [0.25, 0.3) is 5.57 Å². The topological polar surface area (TPSA) is 48.0 Å². The fourth-order valence-electron chi connectivity index (χ4n) is 3.25. The van der Waals surface area contributed by atoms with Crippen LogP contribution in [0.4, 0.5) is 4.39 Å². The number of ether oxygens (including phenoxy) is 3. The first-order valence-corrected chi connectivity index (χ1v) is 8.94. The van der Waals surface area contributed by atoms with E-state index < -0.39 is 0 Å². The molecule has 1 unspecified atom stereocenters. The Morgan fingerprint density at radius 3 is 2.52 bits per heavy atom. The number of rotatable bonds is 5. The highest BCUT2D eigenvalue weighted by atomic mass is 19.1. The van der Waals surface area contributed by atoms with Gasteiger partial charge in [-0.15, -0.1) is 0 Å². The van der Waals surface area contributed by atoms with Crippen molar-refractivity contribution >= 4 is 11.5 Å². The summed E-state index contributed by atoms with van der Waals surface area (Å²) in [5.41, 5.74) is 2.49. The molecule has 1 amide bonds. The molecular formula is C21H24FNO4. The molecule has 3 rings (SSSR count). The molecule has 1 saturated heterocycles. The van der Waals surface area contributed by atoms with E-state index in [9.17, 15) is 9.18 Å². The molecule has 1 aromatic rings. The van der Waals surface area contributed by atoms with Crippen molar-refractivity contribution in [2.24, 2.45) is 0 Å². The van der Waals surface area contributed by atoms with Crippen molar-refractivity contribution in [3.63, 3.8) is 0 Å². The summed E-state index contributed by atoms with van der Waals surface area (Å²) in [6.45, 7) is 2.22. The first-order chi connectivity index (χ1) is 13.1. The third-order valence-electron chi connectivity index (χ3n) is 4.78. The van der Waals surface area contributed by atoms with Crippen molar-refractivity contribution in [2.75, 3.05) is 40.5 Å². The van der Waals surface area contributed by atoms with Crippen molar-refractivity contribution in [2.45, 2.75) is 12.5 Å². The van der Waals surface area contributed by atoms with Gasteiger partial charge < -0.3 is 19.1 Å². The number of carbonyl (C=O) groups is 1. The second kappa shape index (κ2) is 8.97. The number of allylic oxidation sites excluding steroid dienone is 3. The van der Waals surface area contributed by atoms with E-state index in [-0.39, 0.29) is 17.8 Å². The van der Waals surface area contributed by atoms with Crippen LogP contribution in [0.1, 0.15) is 12.0 Å². The molecule has 27 heavy (non-hydrogen) atoms. The maximum atomic E-state index is 13.4. The minimum Gasteiger partial charge on any atom is -0.498 e. The van der Waals surface area contributed by atoms with Crippen LogP contribution in [0.3, 0.4) is 0 Å². The maximum Gasteiger partial charge on any atom is 0.247 e. The largest absolute Gasteiger partial charge is 0.498 e.